The number of benzene rings is 1. The highest BCUT2D eigenvalue weighted by atomic mass is 16.7. The van der Waals surface area contributed by atoms with Crippen molar-refractivity contribution in [3.05, 3.63) is 29.3 Å². The summed E-state index contributed by atoms with van der Waals surface area (Å²) in [6, 6.07) is 6.10. The average Bonchev–Trinajstić information content (AvgIpc) is 3.12. The molecular weight excluding hydrogens is 290 g/mol. The van der Waals surface area contributed by atoms with Crippen LogP contribution >= 0.6 is 0 Å². The number of carbonyl (C=O) groups is 1. The fourth-order valence-corrected chi connectivity index (χ4v) is 3.51. The molecule has 0 atom stereocenters. The molecule has 0 N–H and O–H groups in total. The minimum Gasteiger partial charge on any atom is -0.336 e. The second-order valence-corrected chi connectivity index (χ2v) is 6.56. The minimum absolute atomic E-state index is 0.0517. The van der Waals surface area contributed by atoms with Gasteiger partial charge in [-0.1, -0.05) is 50.7 Å². The van der Waals surface area contributed by atoms with Gasteiger partial charge in [-0.05, 0) is 25.5 Å². The molecular formula is C19H27NO3. The molecule has 3 rings (SSSR count). The van der Waals surface area contributed by atoms with Crippen LogP contribution in [0.1, 0.15) is 56.6 Å². The number of hydrogen-bond donors (Lipinski definition) is 0. The molecule has 1 saturated heterocycles. The fourth-order valence-electron chi connectivity index (χ4n) is 3.51. The number of anilines is 1. The summed E-state index contributed by atoms with van der Waals surface area (Å²) in [5.41, 5.74) is 2.96. The zero-order valence-electron chi connectivity index (χ0n) is 14.3. The van der Waals surface area contributed by atoms with Crippen LogP contribution in [0, 0.1) is 6.92 Å². The van der Waals surface area contributed by atoms with Gasteiger partial charge in [-0.15, -0.1) is 0 Å². The molecule has 0 unspecified atom stereocenters. The highest BCUT2D eigenvalue weighted by molar-refractivity contribution is 6.06. The van der Waals surface area contributed by atoms with Gasteiger partial charge in [0.05, 0.1) is 18.9 Å². The van der Waals surface area contributed by atoms with Crippen LogP contribution < -0.4 is 4.90 Å². The number of ether oxygens (including phenoxy) is 2. The Balaban J connectivity index is 1.71. The van der Waals surface area contributed by atoms with Gasteiger partial charge < -0.3 is 14.4 Å². The van der Waals surface area contributed by atoms with Crippen LogP contribution in [0.5, 0.6) is 0 Å². The Labute approximate surface area is 138 Å². The highest BCUT2D eigenvalue weighted by Gasteiger charge is 2.55. The first-order valence-electron chi connectivity index (χ1n) is 8.90. The monoisotopic (exact) mass is 317 g/mol. The summed E-state index contributed by atoms with van der Waals surface area (Å²) in [5.74, 6) is -1.23. The Hall–Kier alpha value is -1.39. The first kappa shape index (κ1) is 16.5. The number of amides is 1. The third-order valence-electron chi connectivity index (χ3n) is 4.75. The predicted octanol–water partition coefficient (Wildman–Crippen LogP) is 3.90. The molecule has 0 aliphatic carbocycles. The topological polar surface area (TPSA) is 38.8 Å². The van der Waals surface area contributed by atoms with Gasteiger partial charge in [0.25, 0.3) is 11.7 Å². The van der Waals surface area contributed by atoms with E-state index < -0.39 is 5.79 Å². The molecule has 0 saturated carbocycles. The van der Waals surface area contributed by atoms with Crippen LogP contribution in [-0.4, -0.2) is 25.7 Å². The molecule has 2 aliphatic rings. The Bertz CT molecular complexity index is 564. The average molecular weight is 317 g/mol. The van der Waals surface area contributed by atoms with Gasteiger partial charge in [0.15, 0.2) is 0 Å². The van der Waals surface area contributed by atoms with E-state index in [2.05, 4.69) is 6.92 Å². The highest BCUT2D eigenvalue weighted by Crippen LogP contribution is 2.46. The van der Waals surface area contributed by atoms with Crippen molar-refractivity contribution in [2.24, 2.45) is 0 Å². The van der Waals surface area contributed by atoms with Crippen molar-refractivity contribution < 1.29 is 14.3 Å². The molecule has 0 radical (unpaired) electrons. The molecule has 2 heterocycles. The lowest BCUT2D eigenvalue weighted by molar-refractivity contribution is -0.180. The van der Waals surface area contributed by atoms with Crippen LogP contribution in [0.3, 0.4) is 0 Å². The Morgan fingerprint density at radius 3 is 2.52 bits per heavy atom. The van der Waals surface area contributed by atoms with Crippen LogP contribution in [0.2, 0.25) is 0 Å². The van der Waals surface area contributed by atoms with Crippen molar-refractivity contribution in [2.75, 3.05) is 24.7 Å². The molecule has 1 aromatic rings. The smallest absolute Gasteiger partial charge is 0.292 e. The number of rotatable bonds is 7. The molecule has 2 aliphatic heterocycles. The summed E-state index contributed by atoms with van der Waals surface area (Å²) < 4.78 is 11.5. The number of hydrogen-bond acceptors (Lipinski definition) is 3. The second-order valence-electron chi connectivity index (χ2n) is 6.56. The van der Waals surface area contributed by atoms with Crippen molar-refractivity contribution in [3.63, 3.8) is 0 Å². The molecule has 126 valence electrons. The van der Waals surface area contributed by atoms with E-state index in [0.29, 0.717) is 13.2 Å². The Morgan fingerprint density at radius 2 is 1.78 bits per heavy atom. The lowest BCUT2D eigenvalue weighted by Gasteiger charge is -2.22. The first-order valence-corrected chi connectivity index (χ1v) is 8.90. The van der Waals surface area contributed by atoms with Crippen LogP contribution in [0.4, 0.5) is 5.69 Å². The standard InChI is InChI=1S/C19H27NO3/c1-3-4-5-6-7-8-11-20-17-10-9-15(2)14-16(17)19(18(20)21)22-12-13-23-19/h9-10,14H,3-8,11-13H2,1-2H3. The molecule has 0 bridgehead atoms. The number of fused-ring (bicyclic) bond motifs is 2. The van der Waals surface area contributed by atoms with Crippen molar-refractivity contribution in [2.45, 2.75) is 58.2 Å². The lowest BCUT2D eigenvalue weighted by Crippen LogP contribution is -2.41. The maximum atomic E-state index is 12.9. The summed E-state index contributed by atoms with van der Waals surface area (Å²) >= 11 is 0. The van der Waals surface area contributed by atoms with Crippen molar-refractivity contribution in [1.82, 2.24) is 0 Å². The lowest BCUT2D eigenvalue weighted by atomic mass is 10.0. The van der Waals surface area contributed by atoms with Crippen molar-refractivity contribution in [3.8, 4) is 0 Å². The molecule has 1 spiro atoms. The third kappa shape index (κ3) is 3.02. The Kier molecular flexibility index (Phi) is 5.02. The van der Waals surface area contributed by atoms with Gasteiger partial charge >= 0.3 is 0 Å². The van der Waals surface area contributed by atoms with E-state index >= 15 is 0 Å². The summed E-state index contributed by atoms with van der Waals surface area (Å²) in [6.07, 6.45) is 7.29. The van der Waals surface area contributed by atoms with Gasteiger partial charge in [0, 0.05) is 12.1 Å². The van der Waals surface area contributed by atoms with E-state index in [-0.39, 0.29) is 5.91 Å². The molecule has 1 amide bonds. The number of unbranched alkanes of at least 4 members (excludes halogenated alkanes) is 5. The largest absolute Gasteiger partial charge is 0.336 e. The van der Waals surface area contributed by atoms with E-state index in [4.69, 9.17) is 9.47 Å². The molecule has 1 fully saturated rings. The van der Waals surface area contributed by atoms with Crippen LogP contribution in [-0.2, 0) is 20.1 Å². The van der Waals surface area contributed by atoms with Crippen LogP contribution in [0.25, 0.3) is 0 Å². The summed E-state index contributed by atoms with van der Waals surface area (Å²) in [5, 5.41) is 0. The minimum atomic E-state index is -1.18. The quantitative estimate of drug-likeness (QED) is 0.716. The first-order chi connectivity index (χ1) is 11.2. The van der Waals surface area contributed by atoms with Gasteiger partial charge in [-0.2, -0.15) is 0 Å². The molecule has 4 heteroatoms. The predicted molar refractivity (Wildman–Crippen MR) is 90.5 cm³/mol. The number of nitrogens with zero attached hydrogens (tertiary/aromatic N) is 1. The van der Waals surface area contributed by atoms with Crippen molar-refractivity contribution >= 4 is 11.6 Å². The van der Waals surface area contributed by atoms with E-state index in [1.165, 1.54) is 32.1 Å². The summed E-state index contributed by atoms with van der Waals surface area (Å²) in [4.78, 5) is 14.8. The van der Waals surface area contributed by atoms with Gasteiger partial charge in [0.1, 0.15) is 0 Å². The fraction of sp³-hybridized carbons (Fsp3) is 0.632. The number of aryl methyl sites for hydroxylation is 1. The van der Waals surface area contributed by atoms with Gasteiger partial charge in [-0.3, -0.25) is 4.79 Å². The molecule has 4 nitrogen and oxygen atoms in total. The van der Waals surface area contributed by atoms with E-state index in [1.54, 1.807) is 0 Å². The maximum absolute atomic E-state index is 12.9. The normalized spacial score (nSPS) is 18.9. The third-order valence-corrected chi connectivity index (χ3v) is 4.75. The summed E-state index contributed by atoms with van der Waals surface area (Å²) in [7, 11) is 0. The van der Waals surface area contributed by atoms with E-state index in [0.717, 1.165) is 29.8 Å². The zero-order chi connectivity index (χ0) is 16.3. The zero-order valence-corrected chi connectivity index (χ0v) is 14.3. The molecule has 1 aromatic carbocycles. The van der Waals surface area contributed by atoms with Crippen LogP contribution in [0.15, 0.2) is 18.2 Å². The maximum Gasteiger partial charge on any atom is 0.292 e. The number of carbonyl (C=O) groups excluding carboxylic acids is 1. The second kappa shape index (κ2) is 7.02. The van der Waals surface area contributed by atoms with Gasteiger partial charge in [-0.25, -0.2) is 0 Å². The summed E-state index contributed by atoms with van der Waals surface area (Å²) in [6.45, 7) is 5.95. The van der Waals surface area contributed by atoms with E-state index in [9.17, 15) is 4.79 Å². The van der Waals surface area contributed by atoms with Gasteiger partial charge in [0.2, 0.25) is 0 Å². The Morgan fingerprint density at radius 1 is 1.09 bits per heavy atom. The SMILES string of the molecule is CCCCCCCCN1C(=O)C2(OCCO2)c2cc(C)ccc21. The van der Waals surface area contributed by atoms with Crippen molar-refractivity contribution in [1.29, 1.82) is 0 Å². The van der Waals surface area contributed by atoms with E-state index in [1.807, 2.05) is 30.0 Å². The molecule has 0 aromatic heterocycles. The molecule has 23 heavy (non-hydrogen) atoms.